The largest absolute Gasteiger partial charge is 0.469 e. The van der Waals surface area contributed by atoms with Crippen LogP contribution in [0.2, 0.25) is 0 Å². The van der Waals surface area contributed by atoms with Crippen molar-refractivity contribution in [3.8, 4) is 0 Å². The summed E-state index contributed by atoms with van der Waals surface area (Å²) in [5, 5.41) is 4.73. The van der Waals surface area contributed by atoms with Crippen molar-refractivity contribution in [1.29, 1.82) is 0 Å². The molecular formula is C12H15N3O3S. The van der Waals surface area contributed by atoms with Crippen molar-refractivity contribution in [2.24, 2.45) is 0 Å². The minimum atomic E-state index is -0.371. The number of fused-ring (bicyclic) bond motifs is 1. The van der Waals surface area contributed by atoms with Gasteiger partial charge in [0.05, 0.1) is 19.2 Å². The summed E-state index contributed by atoms with van der Waals surface area (Å²) in [5.74, 6) is -0.518. The van der Waals surface area contributed by atoms with Gasteiger partial charge in [0.15, 0.2) is 4.96 Å². The first-order valence-electron chi connectivity index (χ1n) is 5.93. The van der Waals surface area contributed by atoms with Gasteiger partial charge in [-0.15, -0.1) is 11.3 Å². The summed E-state index contributed by atoms with van der Waals surface area (Å²) in [5.41, 5.74) is 0.945. The van der Waals surface area contributed by atoms with Gasteiger partial charge in [-0.05, 0) is 0 Å². The summed E-state index contributed by atoms with van der Waals surface area (Å²) >= 11 is 1.57. The molecule has 1 N–H and O–H groups in total. The van der Waals surface area contributed by atoms with Crippen LogP contribution >= 0.6 is 11.3 Å². The van der Waals surface area contributed by atoms with Crippen LogP contribution in [0.25, 0.3) is 4.96 Å². The Hall–Kier alpha value is -1.89. The third kappa shape index (κ3) is 3.78. The maximum absolute atomic E-state index is 11.4. The third-order valence-electron chi connectivity index (χ3n) is 2.63. The van der Waals surface area contributed by atoms with Crippen molar-refractivity contribution in [1.82, 2.24) is 14.7 Å². The number of methoxy groups -OCH3 is 1. The first-order chi connectivity index (χ1) is 9.19. The highest BCUT2D eigenvalue weighted by molar-refractivity contribution is 7.15. The first kappa shape index (κ1) is 13.5. The second-order valence-corrected chi connectivity index (χ2v) is 4.87. The van der Waals surface area contributed by atoms with E-state index >= 15 is 0 Å². The molecule has 0 bridgehead atoms. The maximum atomic E-state index is 11.4. The number of amides is 1. The molecule has 0 fully saturated rings. The Bertz CT molecular complexity index is 547. The Labute approximate surface area is 114 Å². The van der Waals surface area contributed by atoms with E-state index in [4.69, 9.17) is 0 Å². The molecule has 0 saturated heterocycles. The van der Waals surface area contributed by atoms with Gasteiger partial charge >= 0.3 is 5.97 Å². The van der Waals surface area contributed by atoms with E-state index in [0.29, 0.717) is 13.0 Å². The van der Waals surface area contributed by atoms with Crippen LogP contribution in [-0.2, 0) is 20.7 Å². The van der Waals surface area contributed by atoms with Crippen LogP contribution in [0, 0.1) is 0 Å². The third-order valence-corrected chi connectivity index (χ3v) is 3.40. The fraction of sp³-hybridized carbons (Fsp3) is 0.417. The van der Waals surface area contributed by atoms with Crippen molar-refractivity contribution in [2.75, 3.05) is 13.7 Å². The molecule has 1 amide bonds. The van der Waals surface area contributed by atoms with Crippen LogP contribution in [0.3, 0.4) is 0 Å². The summed E-state index contributed by atoms with van der Waals surface area (Å²) in [6.45, 7) is 0.519. The fourth-order valence-corrected chi connectivity index (χ4v) is 2.35. The molecule has 2 rings (SSSR count). The summed E-state index contributed by atoms with van der Waals surface area (Å²) in [6.07, 6.45) is 4.85. The molecular weight excluding hydrogens is 266 g/mol. The lowest BCUT2D eigenvalue weighted by molar-refractivity contribution is -0.142. The second kappa shape index (κ2) is 6.33. The number of hydrogen-bond donors (Lipinski definition) is 1. The van der Waals surface area contributed by atoms with Crippen LogP contribution in [0.15, 0.2) is 17.8 Å². The molecule has 0 saturated carbocycles. The molecule has 19 heavy (non-hydrogen) atoms. The molecule has 0 spiro atoms. The molecule has 102 valence electrons. The zero-order valence-corrected chi connectivity index (χ0v) is 11.4. The van der Waals surface area contributed by atoms with Gasteiger partial charge in [0.2, 0.25) is 5.91 Å². The van der Waals surface area contributed by atoms with Gasteiger partial charge in [-0.1, -0.05) is 0 Å². The van der Waals surface area contributed by atoms with Crippen LogP contribution < -0.4 is 5.32 Å². The Balaban J connectivity index is 1.70. The lowest BCUT2D eigenvalue weighted by Crippen LogP contribution is -2.26. The summed E-state index contributed by atoms with van der Waals surface area (Å²) in [6, 6.07) is 0. The number of rotatable bonds is 6. The van der Waals surface area contributed by atoms with Crippen molar-refractivity contribution < 1.29 is 14.3 Å². The molecule has 2 aromatic heterocycles. The fourth-order valence-electron chi connectivity index (χ4n) is 1.63. The zero-order valence-electron chi connectivity index (χ0n) is 10.6. The second-order valence-electron chi connectivity index (χ2n) is 4.00. The van der Waals surface area contributed by atoms with Crippen LogP contribution in [0.4, 0.5) is 0 Å². The van der Waals surface area contributed by atoms with E-state index in [0.717, 1.165) is 10.7 Å². The standard InChI is InChI=1S/C12H15N3O3S/c1-18-11(17)3-2-10(16)13-5-4-9-8-15-6-7-19-12(15)14-9/h6-8H,2-5H2,1H3,(H,13,16). The quantitative estimate of drug-likeness (QED) is 0.802. The molecule has 0 aliphatic heterocycles. The minimum Gasteiger partial charge on any atom is -0.469 e. The molecule has 7 heteroatoms. The van der Waals surface area contributed by atoms with E-state index in [1.165, 1.54) is 7.11 Å². The molecule has 6 nitrogen and oxygen atoms in total. The summed E-state index contributed by atoms with van der Waals surface area (Å²) in [4.78, 5) is 27.7. The van der Waals surface area contributed by atoms with Gasteiger partial charge in [0, 0.05) is 37.2 Å². The number of imidazole rings is 1. The van der Waals surface area contributed by atoms with Gasteiger partial charge in [-0.3, -0.25) is 14.0 Å². The Morgan fingerprint density at radius 2 is 2.32 bits per heavy atom. The smallest absolute Gasteiger partial charge is 0.306 e. The van der Waals surface area contributed by atoms with Crippen molar-refractivity contribution in [3.63, 3.8) is 0 Å². The van der Waals surface area contributed by atoms with Gasteiger partial charge in [-0.25, -0.2) is 4.98 Å². The monoisotopic (exact) mass is 281 g/mol. The highest BCUT2D eigenvalue weighted by Crippen LogP contribution is 2.11. The van der Waals surface area contributed by atoms with Crippen molar-refractivity contribution in [3.05, 3.63) is 23.5 Å². The molecule has 0 aliphatic carbocycles. The van der Waals surface area contributed by atoms with Gasteiger partial charge < -0.3 is 10.1 Å². The van der Waals surface area contributed by atoms with E-state index in [9.17, 15) is 9.59 Å². The Morgan fingerprint density at radius 3 is 3.05 bits per heavy atom. The molecule has 2 aromatic rings. The molecule has 2 heterocycles. The van der Waals surface area contributed by atoms with Gasteiger partial charge in [0.25, 0.3) is 0 Å². The average molecular weight is 281 g/mol. The lowest BCUT2D eigenvalue weighted by atomic mass is 10.3. The van der Waals surface area contributed by atoms with E-state index in [1.807, 2.05) is 22.2 Å². The van der Waals surface area contributed by atoms with Gasteiger partial charge in [0.1, 0.15) is 0 Å². The van der Waals surface area contributed by atoms with E-state index < -0.39 is 0 Å². The maximum Gasteiger partial charge on any atom is 0.306 e. The number of nitrogens with zero attached hydrogens (tertiary/aromatic N) is 2. The number of nitrogens with one attached hydrogen (secondary N) is 1. The van der Waals surface area contributed by atoms with Crippen LogP contribution in [0.5, 0.6) is 0 Å². The van der Waals surface area contributed by atoms with Gasteiger partial charge in [-0.2, -0.15) is 0 Å². The lowest BCUT2D eigenvalue weighted by Gasteiger charge is -2.03. The molecule has 0 aliphatic rings. The van der Waals surface area contributed by atoms with E-state index in [1.54, 1.807) is 11.3 Å². The number of esters is 1. The molecule has 0 aromatic carbocycles. The Kier molecular flexibility index (Phi) is 4.51. The first-order valence-corrected chi connectivity index (χ1v) is 6.81. The van der Waals surface area contributed by atoms with Crippen LogP contribution in [-0.4, -0.2) is 34.9 Å². The normalized spacial score (nSPS) is 10.6. The minimum absolute atomic E-state index is 0.114. The van der Waals surface area contributed by atoms with E-state index in [-0.39, 0.29) is 24.7 Å². The number of carbonyl (C=O) groups excluding carboxylic acids is 2. The van der Waals surface area contributed by atoms with Crippen molar-refractivity contribution in [2.45, 2.75) is 19.3 Å². The topological polar surface area (TPSA) is 72.7 Å². The predicted molar refractivity (Wildman–Crippen MR) is 71.0 cm³/mol. The molecule has 0 radical (unpaired) electrons. The highest BCUT2D eigenvalue weighted by Gasteiger charge is 2.07. The SMILES string of the molecule is COC(=O)CCC(=O)NCCc1cn2ccsc2n1. The average Bonchev–Trinajstić information content (AvgIpc) is 2.96. The highest BCUT2D eigenvalue weighted by atomic mass is 32.1. The number of thiazole rings is 1. The number of hydrogen-bond acceptors (Lipinski definition) is 5. The number of ether oxygens (including phenoxy) is 1. The summed E-state index contributed by atoms with van der Waals surface area (Å²) < 4.78 is 6.43. The molecule has 0 unspecified atom stereocenters. The molecule has 0 atom stereocenters. The number of aromatic nitrogens is 2. The predicted octanol–water partition coefficient (Wildman–Crippen LogP) is 1.01. The Morgan fingerprint density at radius 1 is 1.47 bits per heavy atom. The summed E-state index contributed by atoms with van der Waals surface area (Å²) in [7, 11) is 1.31. The van der Waals surface area contributed by atoms with Crippen molar-refractivity contribution >= 4 is 28.2 Å². The van der Waals surface area contributed by atoms with E-state index in [2.05, 4.69) is 15.0 Å². The number of carbonyl (C=O) groups is 2. The van der Waals surface area contributed by atoms with Crippen LogP contribution in [0.1, 0.15) is 18.5 Å². The zero-order chi connectivity index (χ0) is 13.7.